The second-order valence-corrected chi connectivity index (χ2v) is 5.10. The Labute approximate surface area is 165 Å². The van der Waals surface area contributed by atoms with Crippen LogP contribution in [0.25, 0.3) is 10.9 Å². The molecule has 0 saturated heterocycles. The Morgan fingerprint density at radius 3 is 2.11 bits per heavy atom. The maximum absolute atomic E-state index is 6.01. The highest BCUT2D eigenvalue weighted by molar-refractivity contribution is 6.33. The predicted octanol–water partition coefficient (Wildman–Crippen LogP) is 5.73. The maximum atomic E-state index is 6.01. The van der Waals surface area contributed by atoms with E-state index in [2.05, 4.69) is 9.97 Å². The van der Waals surface area contributed by atoms with Crippen LogP contribution in [0.4, 0.5) is 5.69 Å². The number of aromatic nitrogens is 2. The third-order valence-electron chi connectivity index (χ3n) is 3.29. The lowest BCUT2D eigenvalue weighted by atomic mass is 10.2. The number of hydrogen-bond donors (Lipinski definition) is 1. The minimum atomic E-state index is 0.386. The molecule has 3 rings (SSSR count). The predicted molar refractivity (Wildman–Crippen MR) is 111 cm³/mol. The second kappa shape index (κ2) is 11.1. The summed E-state index contributed by atoms with van der Waals surface area (Å²) in [6.45, 7) is 8.00. The first-order valence-corrected chi connectivity index (χ1v) is 9.09. The van der Waals surface area contributed by atoms with Gasteiger partial charge in [-0.15, -0.1) is 0 Å². The first kappa shape index (κ1) is 22.3. The van der Waals surface area contributed by atoms with E-state index in [9.17, 15) is 0 Å². The SMILES string of the molecule is CC.CC.COc1cc2ncnc(Oc3ccc(N)c(Cl)c3)c2cc1OC. The Hall–Kier alpha value is -2.73. The number of nitrogen functional groups attached to an aromatic ring is 1. The number of ether oxygens (including phenoxy) is 3. The van der Waals surface area contributed by atoms with Crippen molar-refractivity contribution < 1.29 is 14.2 Å². The van der Waals surface area contributed by atoms with Crippen LogP contribution >= 0.6 is 11.6 Å². The zero-order chi connectivity index (χ0) is 20.4. The summed E-state index contributed by atoms with van der Waals surface area (Å²) in [5.74, 6) is 2.06. The molecule has 0 bridgehead atoms. The molecule has 2 aromatic carbocycles. The van der Waals surface area contributed by atoms with Gasteiger partial charge in [-0.2, -0.15) is 0 Å². The van der Waals surface area contributed by atoms with E-state index in [1.54, 1.807) is 44.6 Å². The molecule has 1 heterocycles. The highest BCUT2D eigenvalue weighted by Crippen LogP contribution is 2.36. The van der Waals surface area contributed by atoms with Gasteiger partial charge in [0.1, 0.15) is 12.1 Å². The van der Waals surface area contributed by atoms with Crippen molar-refractivity contribution in [1.82, 2.24) is 9.97 Å². The Morgan fingerprint density at radius 2 is 1.52 bits per heavy atom. The molecule has 7 heteroatoms. The first-order chi connectivity index (χ1) is 13.1. The van der Waals surface area contributed by atoms with Crippen molar-refractivity contribution in [2.75, 3.05) is 20.0 Å². The number of fused-ring (bicyclic) bond motifs is 1. The van der Waals surface area contributed by atoms with E-state index in [0.717, 1.165) is 0 Å². The third-order valence-corrected chi connectivity index (χ3v) is 3.62. The van der Waals surface area contributed by atoms with Crippen molar-refractivity contribution in [3.8, 4) is 23.1 Å². The number of nitrogens with zero attached hydrogens (tertiary/aromatic N) is 2. The minimum absolute atomic E-state index is 0.386. The summed E-state index contributed by atoms with van der Waals surface area (Å²) >= 11 is 6.01. The summed E-state index contributed by atoms with van der Waals surface area (Å²) in [4.78, 5) is 8.41. The normalized spacial score (nSPS) is 9.44. The maximum Gasteiger partial charge on any atom is 0.230 e. The lowest BCUT2D eigenvalue weighted by Crippen LogP contribution is -1.95. The van der Waals surface area contributed by atoms with Crippen LogP contribution in [0.3, 0.4) is 0 Å². The van der Waals surface area contributed by atoms with Crippen LogP contribution in [-0.2, 0) is 0 Å². The Morgan fingerprint density at radius 1 is 0.889 bits per heavy atom. The number of hydrogen-bond acceptors (Lipinski definition) is 6. The van der Waals surface area contributed by atoms with Gasteiger partial charge in [0.05, 0.1) is 35.8 Å². The number of benzene rings is 2. The molecule has 3 aromatic rings. The fourth-order valence-electron chi connectivity index (χ4n) is 2.12. The van der Waals surface area contributed by atoms with E-state index in [0.29, 0.717) is 44.7 Å². The minimum Gasteiger partial charge on any atom is -0.493 e. The van der Waals surface area contributed by atoms with Crippen molar-refractivity contribution in [2.45, 2.75) is 27.7 Å². The monoisotopic (exact) mass is 391 g/mol. The third kappa shape index (κ3) is 5.37. The van der Waals surface area contributed by atoms with Crippen LogP contribution in [0.2, 0.25) is 5.02 Å². The molecule has 0 saturated carbocycles. The van der Waals surface area contributed by atoms with E-state index in [4.69, 9.17) is 31.5 Å². The molecule has 0 radical (unpaired) electrons. The molecular formula is C20H26ClN3O3. The molecule has 0 fully saturated rings. The molecule has 146 valence electrons. The molecular weight excluding hydrogens is 366 g/mol. The molecule has 0 spiro atoms. The van der Waals surface area contributed by atoms with Gasteiger partial charge in [-0.3, -0.25) is 0 Å². The molecule has 0 amide bonds. The van der Waals surface area contributed by atoms with Crippen molar-refractivity contribution in [1.29, 1.82) is 0 Å². The quantitative estimate of drug-likeness (QED) is 0.572. The summed E-state index contributed by atoms with van der Waals surface area (Å²) in [6, 6.07) is 8.55. The van der Waals surface area contributed by atoms with Crippen LogP contribution in [0.1, 0.15) is 27.7 Å². The van der Waals surface area contributed by atoms with Gasteiger partial charge < -0.3 is 19.9 Å². The van der Waals surface area contributed by atoms with Gasteiger partial charge in [-0.1, -0.05) is 39.3 Å². The Balaban J connectivity index is 0.000000855. The largest absolute Gasteiger partial charge is 0.493 e. The van der Waals surface area contributed by atoms with E-state index >= 15 is 0 Å². The van der Waals surface area contributed by atoms with Crippen LogP contribution in [0, 0.1) is 0 Å². The van der Waals surface area contributed by atoms with Crippen molar-refractivity contribution in [3.05, 3.63) is 41.7 Å². The molecule has 0 atom stereocenters. The number of nitrogens with two attached hydrogens (primary N) is 1. The summed E-state index contributed by atoms with van der Waals surface area (Å²) in [5.41, 5.74) is 6.86. The molecule has 0 aliphatic rings. The summed E-state index contributed by atoms with van der Waals surface area (Å²) in [5, 5.41) is 1.11. The zero-order valence-electron chi connectivity index (χ0n) is 16.5. The standard InChI is InChI=1S/C16H14ClN3O3.2C2H6/c1-21-14-6-10-13(7-15(14)22-2)19-8-20-16(10)23-9-3-4-12(18)11(17)5-9;2*1-2/h3-8H,18H2,1-2H3;2*1-2H3. The zero-order valence-corrected chi connectivity index (χ0v) is 17.3. The van der Waals surface area contributed by atoms with E-state index in [1.165, 1.54) is 6.33 Å². The highest BCUT2D eigenvalue weighted by Gasteiger charge is 2.12. The van der Waals surface area contributed by atoms with Crippen molar-refractivity contribution in [2.24, 2.45) is 0 Å². The van der Waals surface area contributed by atoms with Gasteiger partial charge in [0, 0.05) is 12.1 Å². The fourth-order valence-corrected chi connectivity index (χ4v) is 2.29. The highest BCUT2D eigenvalue weighted by atomic mass is 35.5. The number of rotatable bonds is 4. The van der Waals surface area contributed by atoms with Crippen LogP contribution < -0.4 is 19.9 Å². The lowest BCUT2D eigenvalue weighted by Gasteiger charge is -2.11. The van der Waals surface area contributed by atoms with Crippen molar-refractivity contribution >= 4 is 28.2 Å². The van der Waals surface area contributed by atoms with Gasteiger partial charge in [-0.25, -0.2) is 9.97 Å². The summed E-state index contributed by atoms with van der Waals surface area (Å²) < 4.78 is 16.4. The number of halogens is 1. The number of methoxy groups -OCH3 is 2. The molecule has 2 N–H and O–H groups in total. The van der Waals surface area contributed by atoms with Crippen LogP contribution in [-0.4, -0.2) is 24.2 Å². The van der Waals surface area contributed by atoms with Crippen LogP contribution in [0.15, 0.2) is 36.7 Å². The fraction of sp³-hybridized carbons (Fsp3) is 0.300. The molecule has 1 aromatic heterocycles. The van der Waals surface area contributed by atoms with Gasteiger partial charge in [0.25, 0.3) is 0 Å². The average molecular weight is 392 g/mol. The first-order valence-electron chi connectivity index (χ1n) is 8.72. The van der Waals surface area contributed by atoms with E-state index < -0.39 is 0 Å². The van der Waals surface area contributed by atoms with Gasteiger partial charge in [-0.05, 0) is 18.2 Å². The Bertz CT molecular complexity index is 872. The average Bonchev–Trinajstić information content (AvgIpc) is 2.73. The lowest BCUT2D eigenvalue weighted by molar-refractivity contribution is 0.355. The molecule has 27 heavy (non-hydrogen) atoms. The van der Waals surface area contributed by atoms with Crippen LogP contribution in [0.5, 0.6) is 23.1 Å². The molecule has 0 aliphatic carbocycles. The topological polar surface area (TPSA) is 79.5 Å². The van der Waals surface area contributed by atoms with Gasteiger partial charge in [0.2, 0.25) is 5.88 Å². The van der Waals surface area contributed by atoms with Crippen molar-refractivity contribution in [3.63, 3.8) is 0 Å². The van der Waals surface area contributed by atoms with Gasteiger partial charge >= 0.3 is 0 Å². The molecule has 6 nitrogen and oxygen atoms in total. The summed E-state index contributed by atoms with van der Waals surface area (Å²) in [7, 11) is 3.13. The van der Waals surface area contributed by atoms with E-state index in [-0.39, 0.29) is 0 Å². The number of anilines is 1. The Kier molecular flexibility index (Phi) is 9.16. The van der Waals surface area contributed by atoms with Gasteiger partial charge in [0.15, 0.2) is 11.5 Å². The molecule has 0 aliphatic heterocycles. The smallest absolute Gasteiger partial charge is 0.230 e. The van der Waals surface area contributed by atoms with E-state index in [1.807, 2.05) is 27.7 Å². The summed E-state index contributed by atoms with van der Waals surface area (Å²) in [6.07, 6.45) is 1.42. The second-order valence-electron chi connectivity index (χ2n) is 4.69. The molecule has 0 unspecified atom stereocenters.